The Bertz CT molecular complexity index is 821. The Morgan fingerprint density at radius 1 is 1.33 bits per heavy atom. The first-order valence-corrected chi connectivity index (χ1v) is 9.95. The van der Waals surface area contributed by atoms with Gasteiger partial charge in [-0.2, -0.15) is 16.9 Å². The first kappa shape index (κ1) is 19.5. The molecule has 6 nitrogen and oxygen atoms in total. The van der Waals surface area contributed by atoms with Crippen molar-refractivity contribution < 1.29 is 18.7 Å². The fourth-order valence-corrected chi connectivity index (χ4v) is 3.63. The van der Waals surface area contributed by atoms with E-state index in [9.17, 15) is 9.59 Å². The number of esters is 1. The number of halogens is 1. The molecule has 1 aliphatic heterocycles. The molecular weight excluding hydrogens is 388 g/mol. The summed E-state index contributed by atoms with van der Waals surface area (Å²) in [6.45, 7) is 0. The summed E-state index contributed by atoms with van der Waals surface area (Å²) < 4.78 is 10.1. The van der Waals surface area contributed by atoms with Gasteiger partial charge in [0.2, 0.25) is 0 Å². The van der Waals surface area contributed by atoms with E-state index in [1.807, 2.05) is 18.2 Å². The fourth-order valence-electron chi connectivity index (χ4n) is 2.74. The summed E-state index contributed by atoms with van der Waals surface area (Å²) in [4.78, 5) is 23.9. The molecule has 1 aliphatic rings. The Labute approximate surface area is 166 Å². The van der Waals surface area contributed by atoms with Gasteiger partial charge >= 0.3 is 5.97 Å². The van der Waals surface area contributed by atoms with E-state index in [1.54, 1.807) is 24.5 Å². The molecule has 0 saturated heterocycles. The summed E-state index contributed by atoms with van der Waals surface area (Å²) in [6, 6.07) is 10.7. The van der Waals surface area contributed by atoms with Gasteiger partial charge in [0.15, 0.2) is 0 Å². The predicted octanol–water partition coefficient (Wildman–Crippen LogP) is 3.91. The SMILES string of the molecule is COC(=O)CCSCC(=O)N1N=C(c2ccc(Cl)cc2)C[C@@H]1c1ccco1. The lowest BCUT2D eigenvalue weighted by atomic mass is 10.0. The molecule has 1 aromatic carbocycles. The van der Waals surface area contributed by atoms with Crippen LogP contribution in [0.3, 0.4) is 0 Å². The smallest absolute Gasteiger partial charge is 0.306 e. The Balaban J connectivity index is 1.71. The number of carbonyl (C=O) groups excluding carboxylic acids is 2. The van der Waals surface area contributed by atoms with E-state index in [1.165, 1.54) is 23.9 Å². The van der Waals surface area contributed by atoms with E-state index in [4.69, 9.17) is 16.0 Å². The molecule has 0 bridgehead atoms. The largest absolute Gasteiger partial charge is 0.469 e. The standard InChI is InChI=1S/C19H19ClN2O4S/c1-25-19(24)8-10-27-12-18(23)22-16(17-3-2-9-26-17)11-15(21-22)13-4-6-14(20)7-5-13/h2-7,9,16H,8,10-12H2,1H3/t16-/m1/s1. The van der Waals surface area contributed by atoms with Crippen LogP contribution in [0.1, 0.15) is 30.2 Å². The number of amides is 1. The predicted molar refractivity (Wildman–Crippen MR) is 105 cm³/mol. The zero-order valence-corrected chi connectivity index (χ0v) is 16.3. The second-order valence-electron chi connectivity index (χ2n) is 5.91. The summed E-state index contributed by atoms with van der Waals surface area (Å²) >= 11 is 7.34. The zero-order valence-electron chi connectivity index (χ0n) is 14.8. The van der Waals surface area contributed by atoms with Gasteiger partial charge in [0.25, 0.3) is 5.91 Å². The van der Waals surface area contributed by atoms with Crippen LogP contribution >= 0.6 is 23.4 Å². The minimum atomic E-state index is -0.285. The van der Waals surface area contributed by atoms with E-state index >= 15 is 0 Å². The molecule has 27 heavy (non-hydrogen) atoms. The number of hydrogen-bond donors (Lipinski definition) is 0. The van der Waals surface area contributed by atoms with Crippen LogP contribution < -0.4 is 0 Å². The van der Waals surface area contributed by atoms with Crippen LogP contribution in [0.25, 0.3) is 0 Å². The maximum Gasteiger partial charge on any atom is 0.306 e. The van der Waals surface area contributed by atoms with Crippen LogP contribution in [0, 0.1) is 0 Å². The van der Waals surface area contributed by atoms with Crippen molar-refractivity contribution in [2.45, 2.75) is 18.9 Å². The van der Waals surface area contributed by atoms with E-state index in [0.717, 1.165) is 11.3 Å². The van der Waals surface area contributed by atoms with Gasteiger partial charge < -0.3 is 9.15 Å². The van der Waals surface area contributed by atoms with Gasteiger partial charge in [-0.3, -0.25) is 9.59 Å². The third kappa shape index (κ3) is 4.93. The van der Waals surface area contributed by atoms with Gasteiger partial charge in [-0.1, -0.05) is 23.7 Å². The van der Waals surface area contributed by atoms with Crippen molar-refractivity contribution in [1.29, 1.82) is 0 Å². The normalized spacial score (nSPS) is 16.3. The maximum absolute atomic E-state index is 12.7. The van der Waals surface area contributed by atoms with Crippen molar-refractivity contribution in [2.75, 3.05) is 18.6 Å². The molecule has 142 valence electrons. The number of hydrogen-bond acceptors (Lipinski definition) is 6. The molecule has 0 saturated carbocycles. The lowest BCUT2D eigenvalue weighted by molar-refractivity contribution is -0.140. The van der Waals surface area contributed by atoms with Gasteiger partial charge in [0.05, 0.1) is 31.3 Å². The molecule has 1 atom stereocenters. The molecular formula is C19H19ClN2O4S. The number of nitrogens with zero attached hydrogens (tertiary/aromatic N) is 2. The van der Waals surface area contributed by atoms with Crippen LogP contribution in [0.2, 0.25) is 5.02 Å². The van der Waals surface area contributed by atoms with Gasteiger partial charge in [0, 0.05) is 17.2 Å². The Morgan fingerprint density at radius 2 is 2.11 bits per heavy atom. The number of rotatable bonds is 7. The highest BCUT2D eigenvalue weighted by Crippen LogP contribution is 2.33. The van der Waals surface area contributed by atoms with Gasteiger partial charge in [-0.25, -0.2) is 5.01 Å². The summed E-state index contributed by atoms with van der Waals surface area (Å²) in [5, 5.41) is 6.68. The number of ether oxygens (including phenoxy) is 1. The molecule has 2 heterocycles. The first-order chi connectivity index (χ1) is 13.1. The van der Waals surface area contributed by atoms with Crippen molar-refractivity contribution in [2.24, 2.45) is 5.10 Å². The summed E-state index contributed by atoms with van der Waals surface area (Å²) in [5.74, 6) is 1.02. The van der Waals surface area contributed by atoms with E-state index < -0.39 is 0 Å². The lowest BCUT2D eigenvalue weighted by Gasteiger charge is -2.19. The van der Waals surface area contributed by atoms with Crippen molar-refractivity contribution >= 4 is 41.0 Å². The molecule has 0 aliphatic carbocycles. The van der Waals surface area contributed by atoms with Crippen LogP contribution in [0.5, 0.6) is 0 Å². The van der Waals surface area contributed by atoms with Crippen LogP contribution in [-0.4, -0.2) is 41.2 Å². The highest BCUT2D eigenvalue weighted by atomic mass is 35.5. The first-order valence-electron chi connectivity index (χ1n) is 8.42. The molecule has 0 unspecified atom stereocenters. The monoisotopic (exact) mass is 406 g/mol. The number of carbonyl (C=O) groups is 2. The van der Waals surface area contributed by atoms with Crippen molar-refractivity contribution in [3.63, 3.8) is 0 Å². The highest BCUT2D eigenvalue weighted by molar-refractivity contribution is 7.99. The molecule has 0 N–H and O–H groups in total. The fraction of sp³-hybridized carbons (Fsp3) is 0.316. The molecule has 2 aromatic rings. The molecule has 1 amide bonds. The Kier molecular flexibility index (Phi) is 6.58. The molecule has 0 spiro atoms. The summed E-state index contributed by atoms with van der Waals surface area (Å²) in [6.07, 6.45) is 2.42. The minimum Gasteiger partial charge on any atom is -0.469 e. The number of benzene rings is 1. The van der Waals surface area contributed by atoms with E-state index in [0.29, 0.717) is 23.0 Å². The van der Waals surface area contributed by atoms with Crippen molar-refractivity contribution in [1.82, 2.24) is 5.01 Å². The third-order valence-electron chi connectivity index (χ3n) is 4.12. The second kappa shape index (κ2) is 9.10. The quantitative estimate of drug-likeness (QED) is 0.515. The molecule has 3 rings (SSSR count). The number of methoxy groups -OCH3 is 1. The van der Waals surface area contributed by atoms with Crippen LogP contribution in [0.15, 0.2) is 52.2 Å². The maximum atomic E-state index is 12.7. The average molecular weight is 407 g/mol. The topological polar surface area (TPSA) is 72.1 Å². The summed E-state index contributed by atoms with van der Waals surface area (Å²) in [5.41, 5.74) is 1.73. The van der Waals surface area contributed by atoms with Gasteiger partial charge in [0.1, 0.15) is 11.8 Å². The molecule has 0 fully saturated rings. The Hall–Kier alpha value is -2.25. The van der Waals surface area contributed by atoms with E-state index in [2.05, 4.69) is 9.84 Å². The van der Waals surface area contributed by atoms with Crippen molar-refractivity contribution in [3.8, 4) is 0 Å². The number of thioether (sulfide) groups is 1. The highest BCUT2D eigenvalue weighted by Gasteiger charge is 2.34. The zero-order chi connectivity index (χ0) is 19.2. The van der Waals surface area contributed by atoms with Crippen LogP contribution in [-0.2, 0) is 14.3 Å². The molecule has 0 radical (unpaired) electrons. The van der Waals surface area contributed by atoms with E-state index in [-0.39, 0.29) is 30.1 Å². The van der Waals surface area contributed by atoms with Gasteiger partial charge in [-0.15, -0.1) is 0 Å². The number of hydrazone groups is 1. The van der Waals surface area contributed by atoms with Crippen LogP contribution in [0.4, 0.5) is 0 Å². The molecule has 8 heteroatoms. The second-order valence-corrected chi connectivity index (χ2v) is 7.45. The van der Waals surface area contributed by atoms with Gasteiger partial charge in [-0.05, 0) is 29.8 Å². The summed E-state index contributed by atoms with van der Waals surface area (Å²) in [7, 11) is 1.35. The van der Waals surface area contributed by atoms with Crippen molar-refractivity contribution in [3.05, 3.63) is 59.0 Å². The molecule has 1 aromatic heterocycles. The minimum absolute atomic E-state index is 0.129. The average Bonchev–Trinajstić information content (AvgIpc) is 3.34. The third-order valence-corrected chi connectivity index (χ3v) is 5.31. The lowest BCUT2D eigenvalue weighted by Crippen LogP contribution is -2.28. The Morgan fingerprint density at radius 3 is 2.78 bits per heavy atom. The number of furan rings is 1.